The first kappa shape index (κ1) is 32.9. The topological polar surface area (TPSA) is 59.1 Å². The fourth-order valence-electron chi connectivity index (χ4n) is 4.78. The summed E-state index contributed by atoms with van der Waals surface area (Å²) in [5.41, 5.74) is -5.29. The van der Waals surface area contributed by atoms with Gasteiger partial charge in [-0.3, -0.25) is 9.80 Å². The van der Waals surface area contributed by atoms with Crippen molar-refractivity contribution in [1.82, 2.24) is 4.90 Å². The van der Waals surface area contributed by atoms with Crippen molar-refractivity contribution in [2.45, 2.75) is 76.9 Å². The summed E-state index contributed by atoms with van der Waals surface area (Å²) >= 11 is 0. The summed E-state index contributed by atoms with van der Waals surface area (Å²) in [5.74, 6) is 0. The number of carbonyl (C=O) groups is 2. The van der Waals surface area contributed by atoms with Gasteiger partial charge in [-0.2, -0.15) is 39.5 Å². The van der Waals surface area contributed by atoms with Crippen LogP contribution in [0.5, 0.6) is 0 Å². The Labute approximate surface area is 235 Å². The summed E-state index contributed by atoms with van der Waals surface area (Å²) < 4.78 is 132. The second kappa shape index (κ2) is 11.9. The van der Waals surface area contributed by atoms with Crippen LogP contribution in [0, 0.1) is 0 Å². The number of hydrogen-bond donors (Lipinski definition) is 0. The number of amides is 2. The zero-order valence-corrected chi connectivity index (χ0v) is 22.7. The Hall–Kier alpha value is -3.65. The SMILES string of the molecule is CC[C@H]1C[C@H](N(Cc2cc(C(F)(F)F)cc(C(F)(F)F)c2)C(=O)OC)c2cc(C(F)(F)F)ccc2N1C(=O)OC(C)C. The first-order valence-electron chi connectivity index (χ1n) is 12.6. The summed E-state index contributed by atoms with van der Waals surface area (Å²) in [6, 6.07) is 1.06. The zero-order valence-electron chi connectivity index (χ0n) is 22.7. The Morgan fingerprint density at radius 3 is 1.90 bits per heavy atom. The molecule has 0 radical (unpaired) electrons. The summed E-state index contributed by atoms with van der Waals surface area (Å²) in [6.07, 6.45) is -17.9. The molecule has 6 nitrogen and oxygen atoms in total. The number of anilines is 1. The molecule has 2 aromatic rings. The number of ether oxygens (including phenoxy) is 2. The normalized spacial score (nSPS) is 17.6. The molecule has 1 aliphatic heterocycles. The fraction of sp³-hybridized carbons (Fsp3) is 0.481. The maximum atomic E-state index is 13.7. The molecule has 15 heteroatoms. The van der Waals surface area contributed by atoms with Gasteiger partial charge in [0, 0.05) is 12.6 Å². The average Bonchev–Trinajstić information content (AvgIpc) is 2.87. The smallest absolute Gasteiger partial charge is 0.416 e. The molecule has 0 fully saturated rings. The lowest BCUT2D eigenvalue weighted by Crippen LogP contribution is -2.49. The molecule has 42 heavy (non-hydrogen) atoms. The average molecular weight is 615 g/mol. The number of fused-ring (bicyclic) bond motifs is 1. The van der Waals surface area contributed by atoms with Gasteiger partial charge in [-0.1, -0.05) is 6.92 Å². The van der Waals surface area contributed by atoms with Crippen molar-refractivity contribution in [3.63, 3.8) is 0 Å². The third-order valence-corrected chi connectivity index (χ3v) is 6.62. The van der Waals surface area contributed by atoms with Gasteiger partial charge in [0.05, 0.1) is 41.6 Å². The van der Waals surface area contributed by atoms with Crippen molar-refractivity contribution in [3.05, 3.63) is 64.2 Å². The van der Waals surface area contributed by atoms with Crippen LogP contribution in [-0.4, -0.2) is 36.3 Å². The molecule has 0 unspecified atom stereocenters. The molecule has 0 aliphatic carbocycles. The lowest BCUT2D eigenvalue weighted by atomic mass is 9.87. The van der Waals surface area contributed by atoms with E-state index in [0.29, 0.717) is 24.3 Å². The monoisotopic (exact) mass is 614 g/mol. The first-order chi connectivity index (χ1) is 19.3. The molecule has 1 aliphatic rings. The standard InChI is InChI=1S/C27H27F9N2O4/c1-5-19-12-22(20-11-16(25(28,29)30)6-7-21(20)38(19)24(40)42-14(2)3)37(23(39)41-4)13-15-8-17(26(31,32)33)10-18(9-15)27(34,35)36/h6-11,14,19,22H,5,12-13H2,1-4H3/t19-,22-/m0/s1. The van der Waals surface area contributed by atoms with E-state index >= 15 is 0 Å². The lowest BCUT2D eigenvalue weighted by Gasteiger charge is -2.44. The minimum absolute atomic E-state index is 0.0642. The van der Waals surface area contributed by atoms with Crippen molar-refractivity contribution < 1.29 is 58.6 Å². The number of benzene rings is 2. The minimum Gasteiger partial charge on any atom is -0.453 e. The highest BCUT2D eigenvalue weighted by Crippen LogP contribution is 2.45. The maximum absolute atomic E-state index is 13.7. The largest absolute Gasteiger partial charge is 0.453 e. The van der Waals surface area contributed by atoms with E-state index in [1.54, 1.807) is 20.8 Å². The van der Waals surface area contributed by atoms with Gasteiger partial charge in [-0.05, 0) is 74.2 Å². The number of methoxy groups -OCH3 is 1. The highest BCUT2D eigenvalue weighted by molar-refractivity contribution is 5.90. The highest BCUT2D eigenvalue weighted by Gasteiger charge is 2.43. The molecule has 3 rings (SSSR count). The second-order valence-electron chi connectivity index (χ2n) is 9.90. The highest BCUT2D eigenvalue weighted by atomic mass is 19.4. The van der Waals surface area contributed by atoms with E-state index in [1.807, 2.05) is 0 Å². The predicted molar refractivity (Wildman–Crippen MR) is 131 cm³/mol. The Bertz CT molecular complexity index is 1270. The van der Waals surface area contributed by atoms with Crippen molar-refractivity contribution in [3.8, 4) is 0 Å². The molecule has 0 saturated carbocycles. The predicted octanol–water partition coefficient (Wildman–Crippen LogP) is 8.59. The van der Waals surface area contributed by atoms with Crippen molar-refractivity contribution in [2.24, 2.45) is 0 Å². The lowest BCUT2D eigenvalue weighted by molar-refractivity contribution is -0.143. The third kappa shape index (κ3) is 7.21. The van der Waals surface area contributed by atoms with E-state index in [9.17, 15) is 49.1 Å². The van der Waals surface area contributed by atoms with Crippen LogP contribution in [0.25, 0.3) is 0 Å². The van der Waals surface area contributed by atoms with Crippen LogP contribution >= 0.6 is 0 Å². The Morgan fingerprint density at radius 2 is 1.45 bits per heavy atom. The van der Waals surface area contributed by atoms with Gasteiger partial charge in [-0.25, -0.2) is 9.59 Å². The maximum Gasteiger partial charge on any atom is 0.416 e. The van der Waals surface area contributed by atoms with Crippen LogP contribution in [0.15, 0.2) is 36.4 Å². The van der Waals surface area contributed by atoms with E-state index in [0.717, 1.165) is 23.0 Å². The molecule has 0 saturated heterocycles. The van der Waals surface area contributed by atoms with Crippen LogP contribution in [0.4, 0.5) is 54.8 Å². The van der Waals surface area contributed by atoms with Gasteiger partial charge in [0.15, 0.2) is 0 Å². The van der Waals surface area contributed by atoms with E-state index in [2.05, 4.69) is 0 Å². The number of rotatable bonds is 5. The Morgan fingerprint density at radius 1 is 0.905 bits per heavy atom. The first-order valence-corrected chi connectivity index (χ1v) is 12.6. The molecule has 0 aromatic heterocycles. The quantitative estimate of drug-likeness (QED) is 0.317. The van der Waals surface area contributed by atoms with Gasteiger partial charge < -0.3 is 9.47 Å². The number of halogens is 9. The number of nitrogens with zero attached hydrogens (tertiary/aromatic N) is 2. The van der Waals surface area contributed by atoms with E-state index in [4.69, 9.17) is 9.47 Å². The zero-order chi connectivity index (χ0) is 31.8. The summed E-state index contributed by atoms with van der Waals surface area (Å²) in [7, 11) is 0.905. The van der Waals surface area contributed by atoms with Crippen molar-refractivity contribution in [2.75, 3.05) is 12.0 Å². The molecule has 232 valence electrons. The molecule has 2 amide bonds. The molecule has 1 heterocycles. The van der Waals surface area contributed by atoms with Crippen LogP contribution < -0.4 is 4.90 Å². The van der Waals surface area contributed by atoms with Gasteiger partial charge in [0.25, 0.3) is 0 Å². The molecular formula is C27H27F9N2O4. The molecule has 0 N–H and O–H groups in total. The van der Waals surface area contributed by atoms with Crippen LogP contribution in [0.3, 0.4) is 0 Å². The molecular weight excluding hydrogens is 587 g/mol. The summed E-state index contributed by atoms with van der Waals surface area (Å²) in [6.45, 7) is 3.88. The number of alkyl halides is 9. The van der Waals surface area contributed by atoms with Gasteiger partial charge in [-0.15, -0.1) is 0 Å². The molecule has 2 atom stereocenters. The van der Waals surface area contributed by atoms with Crippen LogP contribution in [0.1, 0.15) is 67.5 Å². The second-order valence-corrected chi connectivity index (χ2v) is 9.90. The fourth-order valence-corrected chi connectivity index (χ4v) is 4.78. The van der Waals surface area contributed by atoms with Gasteiger partial charge in [0.1, 0.15) is 0 Å². The van der Waals surface area contributed by atoms with E-state index in [1.165, 1.54) is 0 Å². The Balaban J connectivity index is 2.23. The minimum atomic E-state index is -5.17. The molecule has 2 aromatic carbocycles. The van der Waals surface area contributed by atoms with Crippen molar-refractivity contribution in [1.29, 1.82) is 0 Å². The third-order valence-electron chi connectivity index (χ3n) is 6.62. The molecule has 0 bridgehead atoms. The summed E-state index contributed by atoms with van der Waals surface area (Å²) in [5, 5.41) is 0. The molecule has 0 spiro atoms. The van der Waals surface area contributed by atoms with Crippen LogP contribution in [-0.2, 0) is 34.5 Å². The Kier molecular flexibility index (Phi) is 9.32. The number of carbonyl (C=O) groups excluding carboxylic acids is 2. The number of hydrogen-bond acceptors (Lipinski definition) is 4. The van der Waals surface area contributed by atoms with Gasteiger partial charge in [0.2, 0.25) is 0 Å². The van der Waals surface area contributed by atoms with E-state index in [-0.39, 0.29) is 30.2 Å². The summed E-state index contributed by atoms with van der Waals surface area (Å²) in [4.78, 5) is 27.8. The van der Waals surface area contributed by atoms with Crippen molar-refractivity contribution >= 4 is 17.9 Å². The van der Waals surface area contributed by atoms with Gasteiger partial charge >= 0.3 is 30.7 Å². The van der Waals surface area contributed by atoms with Crippen LogP contribution in [0.2, 0.25) is 0 Å². The van der Waals surface area contributed by atoms with E-state index < -0.39 is 77.7 Å².